The molecule has 0 fully saturated rings. The summed E-state index contributed by atoms with van der Waals surface area (Å²) in [6, 6.07) is 6.78. The average molecular weight is 166 g/mol. The maximum Gasteiger partial charge on any atom is 0.270 e. The summed E-state index contributed by atoms with van der Waals surface area (Å²) in [7, 11) is 0. The highest BCUT2D eigenvalue weighted by molar-refractivity contribution is 5.56. The third kappa shape index (κ3) is 2.31. The minimum Gasteiger partial charge on any atom is -0.173 e. The third-order valence-electron chi connectivity index (χ3n) is 1.42. The molecule has 0 atom stereocenters. The van der Waals surface area contributed by atoms with E-state index in [1.165, 1.54) is 0 Å². The van der Waals surface area contributed by atoms with Gasteiger partial charge in [-0.1, -0.05) is 30.9 Å². The lowest BCUT2D eigenvalue weighted by Gasteiger charge is -1.94. The van der Waals surface area contributed by atoms with E-state index < -0.39 is 6.08 Å². The van der Waals surface area contributed by atoms with Crippen LogP contribution in [-0.4, -0.2) is 0 Å². The summed E-state index contributed by atoms with van der Waals surface area (Å²) >= 11 is 0. The molecule has 62 valence electrons. The van der Waals surface area contributed by atoms with Crippen molar-refractivity contribution in [2.75, 3.05) is 0 Å². The zero-order valence-corrected chi connectivity index (χ0v) is 6.43. The Morgan fingerprint density at radius 2 is 1.92 bits per heavy atom. The number of hydrogen-bond acceptors (Lipinski definition) is 0. The normalized spacial score (nSPS) is 9.17. The second kappa shape index (κ2) is 3.81. The lowest BCUT2D eigenvalue weighted by atomic mass is 10.1. The molecule has 0 saturated carbocycles. The molecule has 0 N–H and O–H groups in total. The molecule has 0 saturated heterocycles. The van der Waals surface area contributed by atoms with E-state index in [1.54, 1.807) is 30.3 Å². The van der Waals surface area contributed by atoms with Crippen molar-refractivity contribution in [3.63, 3.8) is 0 Å². The molecule has 2 heteroatoms. The predicted octanol–water partition coefficient (Wildman–Crippen LogP) is 3.57. The summed E-state index contributed by atoms with van der Waals surface area (Å²) < 4.78 is 23.6. The Hall–Kier alpha value is -1.44. The van der Waals surface area contributed by atoms with Gasteiger partial charge in [-0.05, 0) is 17.2 Å². The highest BCUT2D eigenvalue weighted by atomic mass is 19.3. The monoisotopic (exact) mass is 166 g/mol. The van der Waals surface area contributed by atoms with E-state index >= 15 is 0 Å². The summed E-state index contributed by atoms with van der Waals surface area (Å²) in [4.78, 5) is 0. The number of benzene rings is 1. The van der Waals surface area contributed by atoms with Crippen LogP contribution in [0, 0.1) is 0 Å². The van der Waals surface area contributed by atoms with Crippen LogP contribution in [-0.2, 0) is 0 Å². The molecule has 0 spiro atoms. The Bertz CT molecular complexity index is 309. The van der Waals surface area contributed by atoms with Gasteiger partial charge in [0.1, 0.15) is 0 Å². The van der Waals surface area contributed by atoms with Crippen LogP contribution >= 0.6 is 0 Å². The van der Waals surface area contributed by atoms with Gasteiger partial charge in [-0.25, -0.2) is 0 Å². The lowest BCUT2D eigenvalue weighted by molar-refractivity contribution is 0.429. The predicted molar refractivity (Wildman–Crippen MR) is 46.7 cm³/mol. The van der Waals surface area contributed by atoms with Gasteiger partial charge in [-0.3, -0.25) is 0 Å². The minimum absolute atomic E-state index is 0.493. The van der Waals surface area contributed by atoms with Crippen LogP contribution in [0.5, 0.6) is 0 Å². The van der Waals surface area contributed by atoms with Crippen molar-refractivity contribution in [1.82, 2.24) is 0 Å². The van der Waals surface area contributed by atoms with Crippen LogP contribution in [0.25, 0.3) is 12.2 Å². The fourth-order valence-corrected chi connectivity index (χ4v) is 0.902. The number of rotatable bonds is 2. The summed E-state index contributed by atoms with van der Waals surface area (Å²) in [6.45, 7) is 3.54. The van der Waals surface area contributed by atoms with Gasteiger partial charge in [0, 0.05) is 6.08 Å². The molecule has 0 nitrogen and oxygen atoms in total. The molecule has 0 amide bonds. The zero-order valence-electron chi connectivity index (χ0n) is 6.43. The van der Waals surface area contributed by atoms with Gasteiger partial charge in [0.05, 0.1) is 0 Å². The van der Waals surface area contributed by atoms with E-state index in [-0.39, 0.29) is 0 Å². The standard InChI is InChI=1S/C10H8F2/c1-2-8-4-3-5-9(6-8)7-10(11)12/h2-7H,1H2. The van der Waals surface area contributed by atoms with Crippen LogP contribution in [0.4, 0.5) is 8.78 Å². The first-order chi connectivity index (χ1) is 5.72. The molecule has 0 aromatic heterocycles. The molecule has 0 aliphatic carbocycles. The molecular weight excluding hydrogens is 158 g/mol. The Labute approximate surface area is 69.8 Å². The van der Waals surface area contributed by atoms with Crippen LogP contribution in [0.3, 0.4) is 0 Å². The molecule has 1 aromatic rings. The van der Waals surface area contributed by atoms with E-state index in [0.29, 0.717) is 5.56 Å². The summed E-state index contributed by atoms with van der Waals surface area (Å²) in [6.07, 6.45) is 0.761. The Morgan fingerprint density at radius 3 is 2.50 bits per heavy atom. The smallest absolute Gasteiger partial charge is 0.173 e. The van der Waals surface area contributed by atoms with Crippen molar-refractivity contribution >= 4 is 12.2 Å². The van der Waals surface area contributed by atoms with Gasteiger partial charge in [0.2, 0.25) is 0 Å². The second-order valence-corrected chi connectivity index (χ2v) is 2.31. The van der Waals surface area contributed by atoms with E-state index in [1.807, 2.05) is 0 Å². The number of halogens is 2. The van der Waals surface area contributed by atoms with Gasteiger partial charge in [0.25, 0.3) is 6.08 Å². The fraction of sp³-hybridized carbons (Fsp3) is 0. The van der Waals surface area contributed by atoms with Gasteiger partial charge < -0.3 is 0 Å². The van der Waals surface area contributed by atoms with Crippen LogP contribution in [0.15, 0.2) is 36.9 Å². The second-order valence-electron chi connectivity index (χ2n) is 2.31. The van der Waals surface area contributed by atoms with Crippen molar-refractivity contribution in [3.05, 3.63) is 48.1 Å². The Balaban J connectivity index is 3.02. The van der Waals surface area contributed by atoms with Gasteiger partial charge in [-0.2, -0.15) is 8.78 Å². The van der Waals surface area contributed by atoms with E-state index in [9.17, 15) is 8.78 Å². The van der Waals surface area contributed by atoms with Crippen molar-refractivity contribution in [3.8, 4) is 0 Å². The van der Waals surface area contributed by atoms with Crippen LogP contribution in [0.1, 0.15) is 11.1 Å². The minimum atomic E-state index is -1.68. The SMILES string of the molecule is C=Cc1cccc(C=C(F)F)c1. The maximum atomic E-state index is 11.8. The fourth-order valence-electron chi connectivity index (χ4n) is 0.902. The summed E-state index contributed by atoms with van der Waals surface area (Å²) in [5.74, 6) is 0. The quantitative estimate of drug-likeness (QED) is 0.630. The molecule has 0 aliphatic rings. The van der Waals surface area contributed by atoms with Gasteiger partial charge in [-0.15, -0.1) is 0 Å². The van der Waals surface area contributed by atoms with E-state index in [4.69, 9.17) is 0 Å². The van der Waals surface area contributed by atoms with Crippen molar-refractivity contribution < 1.29 is 8.78 Å². The number of hydrogen-bond donors (Lipinski definition) is 0. The van der Waals surface area contributed by atoms with Crippen molar-refractivity contribution in [2.24, 2.45) is 0 Å². The third-order valence-corrected chi connectivity index (χ3v) is 1.42. The molecular formula is C10H8F2. The summed E-state index contributed by atoms with van der Waals surface area (Å²) in [5.41, 5.74) is 1.33. The Morgan fingerprint density at radius 1 is 1.25 bits per heavy atom. The zero-order chi connectivity index (χ0) is 8.97. The largest absolute Gasteiger partial charge is 0.270 e. The van der Waals surface area contributed by atoms with Crippen LogP contribution < -0.4 is 0 Å². The van der Waals surface area contributed by atoms with Gasteiger partial charge >= 0.3 is 0 Å². The highest BCUT2D eigenvalue weighted by Crippen LogP contribution is 2.11. The van der Waals surface area contributed by atoms with E-state index in [0.717, 1.165) is 11.6 Å². The molecule has 0 aliphatic heterocycles. The van der Waals surface area contributed by atoms with E-state index in [2.05, 4.69) is 6.58 Å². The molecule has 0 heterocycles. The van der Waals surface area contributed by atoms with Crippen molar-refractivity contribution in [1.29, 1.82) is 0 Å². The average Bonchev–Trinajstić information content (AvgIpc) is 2.03. The Kier molecular flexibility index (Phi) is 2.75. The molecule has 0 bridgehead atoms. The van der Waals surface area contributed by atoms with Gasteiger partial charge in [0.15, 0.2) is 0 Å². The first-order valence-electron chi connectivity index (χ1n) is 3.47. The maximum absolute atomic E-state index is 11.8. The first kappa shape index (κ1) is 8.65. The molecule has 0 radical (unpaired) electrons. The topological polar surface area (TPSA) is 0 Å². The van der Waals surface area contributed by atoms with Crippen molar-refractivity contribution in [2.45, 2.75) is 0 Å². The van der Waals surface area contributed by atoms with Crippen LogP contribution in [0.2, 0.25) is 0 Å². The molecule has 0 unspecified atom stereocenters. The first-order valence-corrected chi connectivity index (χ1v) is 3.47. The highest BCUT2D eigenvalue weighted by Gasteiger charge is 1.92. The molecule has 1 rings (SSSR count). The lowest BCUT2D eigenvalue weighted by Crippen LogP contribution is -1.74. The molecule has 1 aromatic carbocycles. The summed E-state index contributed by atoms with van der Waals surface area (Å²) in [5, 5.41) is 0. The molecule has 12 heavy (non-hydrogen) atoms.